The summed E-state index contributed by atoms with van der Waals surface area (Å²) in [6.07, 6.45) is 6.75. The van der Waals surface area contributed by atoms with E-state index in [0.717, 1.165) is 11.3 Å². The molecule has 0 unspecified atom stereocenters. The summed E-state index contributed by atoms with van der Waals surface area (Å²) in [4.78, 5) is 13.1. The fourth-order valence-corrected chi connectivity index (χ4v) is 2.84. The Bertz CT molecular complexity index is 1070. The van der Waals surface area contributed by atoms with Crippen LogP contribution in [-0.4, -0.2) is 29.7 Å². The molecule has 0 bridgehead atoms. The first kappa shape index (κ1) is 16.8. The van der Waals surface area contributed by atoms with Gasteiger partial charge in [-0.25, -0.2) is 9.97 Å². The maximum Gasteiger partial charge on any atom is 0.190 e. The zero-order valence-electron chi connectivity index (χ0n) is 15.1. The van der Waals surface area contributed by atoms with E-state index in [4.69, 9.17) is 5.73 Å². The van der Waals surface area contributed by atoms with Crippen LogP contribution in [0, 0.1) is 0 Å². The molecular formula is C20H19N7. The molecule has 4 rings (SSSR count). The molecule has 0 aliphatic rings. The van der Waals surface area contributed by atoms with Gasteiger partial charge in [0.2, 0.25) is 0 Å². The van der Waals surface area contributed by atoms with Crippen molar-refractivity contribution in [3.63, 3.8) is 0 Å². The molecule has 3 heterocycles. The second kappa shape index (κ2) is 6.95. The fourth-order valence-electron chi connectivity index (χ4n) is 2.84. The number of hydrogen-bond donors (Lipinski definition) is 1. The number of anilines is 1. The van der Waals surface area contributed by atoms with E-state index in [1.807, 2.05) is 28.8 Å². The highest BCUT2D eigenvalue weighted by Gasteiger charge is 2.16. The summed E-state index contributed by atoms with van der Waals surface area (Å²) in [5.74, 6) is 1.27. The van der Waals surface area contributed by atoms with E-state index in [9.17, 15) is 0 Å². The number of benzene rings is 1. The molecule has 2 N–H and O–H groups in total. The molecule has 4 aromatic rings. The van der Waals surface area contributed by atoms with Gasteiger partial charge in [-0.1, -0.05) is 26.0 Å². The predicted octanol–water partition coefficient (Wildman–Crippen LogP) is 3.49. The van der Waals surface area contributed by atoms with E-state index >= 15 is 0 Å². The lowest BCUT2D eigenvalue weighted by atomic mass is 10.0. The van der Waals surface area contributed by atoms with Crippen molar-refractivity contribution in [1.29, 1.82) is 0 Å². The Labute approximate surface area is 157 Å². The molecule has 27 heavy (non-hydrogen) atoms. The van der Waals surface area contributed by atoms with Crippen LogP contribution in [0.4, 0.5) is 5.82 Å². The first-order valence-corrected chi connectivity index (χ1v) is 8.67. The van der Waals surface area contributed by atoms with Crippen LogP contribution in [0.2, 0.25) is 0 Å². The minimum Gasteiger partial charge on any atom is -0.382 e. The van der Waals surface area contributed by atoms with Gasteiger partial charge in [-0.2, -0.15) is 0 Å². The summed E-state index contributed by atoms with van der Waals surface area (Å²) in [7, 11) is 0. The zero-order chi connectivity index (χ0) is 18.8. The number of nitrogens with zero attached hydrogens (tertiary/aromatic N) is 6. The Morgan fingerprint density at radius 3 is 2.74 bits per heavy atom. The molecule has 7 nitrogen and oxygen atoms in total. The summed E-state index contributed by atoms with van der Waals surface area (Å²) in [6.45, 7) is 4.32. The van der Waals surface area contributed by atoms with Crippen LogP contribution in [0.5, 0.6) is 0 Å². The van der Waals surface area contributed by atoms with Crippen LogP contribution < -0.4 is 5.73 Å². The molecule has 0 radical (unpaired) electrons. The van der Waals surface area contributed by atoms with Gasteiger partial charge in [-0.05, 0) is 35.7 Å². The van der Waals surface area contributed by atoms with E-state index in [2.05, 4.69) is 51.1 Å². The van der Waals surface area contributed by atoms with Crippen molar-refractivity contribution < 1.29 is 0 Å². The average Bonchev–Trinajstić information content (AvgIpc) is 3.19. The Morgan fingerprint density at radius 1 is 1.07 bits per heavy atom. The Kier molecular flexibility index (Phi) is 4.33. The molecule has 134 valence electrons. The minimum atomic E-state index is 0.303. The SMILES string of the molecule is CC(C)c1cccc(-n2cnnc2-c2nc(-c3cccnc3)cnc2N)c1. The third kappa shape index (κ3) is 3.27. The number of nitrogens with two attached hydrogens (primary N) is 1. The second-order valence-electron chi connectivity index (χ2n) is 6.51. The lowest BCUT2D eigenvalue weighted by Crippen LogP contribution is -2.04. The van der Waals surface area contributed by atoms with Gasteiger partial charge in [0, 0.05) is 23.6 Å². The van der Waals surface area contributed by atoms with E-state index in [0.29, 0.717) is 28.9 Å². The fraction of sp³-hybridized carbons (Fsp3) is 0.150. The highest BCUT2D eigenvalue weighted by molar-refractivity contribution is 5.69. The number of aromatic nitrogens is 6. The monoisotopic (exact) mass is 357 g/mol. The number of pyridine rings is 1. The van der Waals surface area contributed by atoms with Crippen molar-refractivity contribution >= 4 is 5.82 Å². The van der Waals surface area contributed by atoms with Gasteiger partial charge >= 0.3 is 0 Å². The van der Waals surface area contributed by atoms with E-state index in [1.54, 1.807) is 24.9 Å². The summed E-state index contributed by atoms with van der Waals surface area (Å²) >= 11 is 0. The van der Waals surface area contributed by atoms with Crippen LogP contribution >= 0.6 is 0 Å². The van der Waals surface area contributed by atoms with Gasteiger partial charge < -0.3 is 5.73 Å². The Morgan fingerprint density at radius 2 is 1.96 bits per heavy atom. The van der Waals surface area contributed by atoms with Gasteiger partial charge in [0.05, 0.1) is 11.9 Å². The number of nitrogen functional groups attached to an aromatic ring is 1. The van der Waals surface area contributed by atoms with Crippen LogP contribution in [-0.2, 0) is 0 Å². The van der Waals surface area contributed by atoms with E-state index in [-0.39, 0.29) is 0 Å². The lowest BCUT2D eigenvalue weighted by molar-refractivity contribution is 0.862. The Hall–Kier alpha value is -3.61. The molecule has 0 aliphatic carbocycles. The predicted molar refractivity (Wildman–Crippen MR) is 104 cm³/mol. The third-order valence-electron chi connectivity index (χ3n) is 4.33. The van der Waals surface area contributed by atoms with Crippen molar-refractivity contribution in [2.45, 2.75) is 19.8 Å². The largest absolute Gasteiger partial charge is 0.382 e. The average molecular weight is 357 g/mol. The standard InChI is InChI=1S/C20H19N7/c1-13(2)14-5-3-7-16(9-14)27-12-24-26-20(27)18-19(21)23-11-17(25-18)15-6-4-8-22-10-15/h3-13H,1-2H3,(H2,21,23). The quantitative estimate of drug-likeness (QED) is 0.601. The van der Waals surface area contributed by atoms with Crippen LogP contribution in [0.25, 0.3) is 28.5 Å². The van der Waals surface area contributed by atoms with Gasteiger partial charge in [-0.3, -0.25) is 9.55 Å². The van der Waals surface area contributed by atoms with E-state index in [1.165, 1.54) is 5.56 Å². The normalized spacial score (nSPS) is 11.1. The molecule has 1 aromatic carbocycles. The van der Waals surface area contributed by atoms with Crippen LogP contribution in [0.15, 0.2) is 61.3 Å². The van der Waals surface area contributed by atoms with Crippen molar-refractivity contribution in [2.24, 2.45) is 0 Å². The van der Waals surface area contributed by atoms with Crippen molar-refractivity contribution in [1.82, 2.24) is 29.7 Å². The molecule has 0 saturated heterocycles. The molecule has 0 amide bonds. The van der Waals surface area contributed by atoms with Crippen LogP contribution in [0.3, 0.4) is 0 Å². The first-order valence-electron chi connectivity index (χ1n) is 8.67. The van der Waals surface area contributed by atoms with Gasteiger partial charge in [-0.15, -0.1) is 10.2 Å². The van der Waals surface area contributed by atoms with E-state index < -0.39 is 0 Å². The van der Waals surface area contributed by atoms with Crippen molar-refractivity contribution in [2.75, 3.05) is 5.73 Å². The van der Waals surface area contributed by atoms with Crippen molar-refractivity contribution in [3.05, 3.63) is 66.9 Å². The smallest absolute Gasteiger partial charge is 0.190 e. The van der Waals surface area contributed by atoms with Gasteiger partial charge in [0.25, 0.3) is 0 Å². The number of rotatable bonds is 4. The van der Waals surface area contributed by atoms with Gasteiger partial charge in [0.1, 0.15) is 6.33 Å². The molecule has 7 heteroatoms. The summed E-state index contributed by atoms with van der Waals surface area (Å²) < 4.78 is 1.87. The third-order valence-corrected chi connectivity index (χ3v) is 4.33. The minimum absolute atomic E-state index is 0.303. The first-order chi connectivity index (χ1) is 13.1. The zero-order valence-corrected chi connectivity index (χ0v) is 15.1. The topological polar surface area (TPSA) is 95.4 Å². The number of hydrogen-bond acceptors (Lipinski definition) is 6. The molecular weight excluding hydrogens is 338 g/mol. The maximum atomic E-state index is 6.11. The highest BCUT2D eigenvalue weighted by atomic mass is 15.3. The van der Waals surface area contributed by atoms with Crippen molar-refractivity contribution in [3.8, 4) is 28.5 Å². The summed E-state index contributed by atoms with van der Waals surface area (Å²) in [5, 5.41) is 8.32. The molecule has 0 atom stereocenters. The Balaban J connectivity index is 1.82. The molecule has 0 fully saturated rings. The molecule has 3 aromatic heterocycles. The highest BCUT2D eigenvalue weighted by Crippen LogP contribution is 2.27. The molecule has 0 spiro atoms. The van der Waals surface area contributed by atoms with Gasteiger partial charge in [0.15, 0.2) is 17.3 Å². The molecule has 0 saturated carbocycles. The second-order valence-corrected chi connectivity index (χ2v) is 6.51. The summed E-state index contributed by atoms with van der Waals surface area (Å²) in [5.41, 5.74) is 10.3. The summed E-state index contributed by atoms with van der Waals surface area (Å²) in [6, 6.07) is 12.0. The van der Waals surface area contributed by atoms with Crippen LogP contribution in [0.1, 0.15) is 25.3 Å². The lowest BCUT2D eigenvalue weighted by Gasteiger charge is -2.11. The molecule has 0 aliphatic heterocycles. The maximum absolute atomic E-state index is 6.11.